The third kappa shape index (κ3) is 4.29. The zero-order chi connectivity index (χ0) is 20.3. The molecular formula is C22H23N3O4. The maximum absolute atomic E-state index is 12.6. The van der Waals surface area contributed by atoms with Crippen LogP contribution in [0.5, 0.6) is 5.75 Å². The number of amides is 2. The van der Waals surface area contributed by atoms with Crippen molar-refractivity contribution in [1.29, 1.82) is 0 Å². The Bertz CT molecular complexity index is 931. The normalized spacial score (nSPS) is 21.3. The molecule has 1 fully saturated rings. The molecule has 1 saturated heterocycles. The number of nitrogens with zero attached hydrogens (tertiary/aromatic N) is 2. The van der Waals surface area contributed by atoms with E-state index in [0.717, 1.165) is 5.56 Å². The Hall–Kier alpha value is -3.22. The number of carbonyl (C=O) groups excluding carboxylic acids is 3. The van der Waals surface area contributed by atoms with Gasteiger partial charge < -0.3 is 15.0 Å². The minimum absolute atomic E-state index is 0.000289. The quantitative estimate of drug-likeness (QED) is 0.860. The van der Waals surface area contributed by atoms with Crippen LogP contribution >= 0.6 is 0 Å². The summed E-state index contributed by atoms with van der Waals surface area (Å²) >= 11 is 0. The number of hydrogen-bond acceptors (Lipinski definition) is 5. The molecular weight excluding hydrogens is 370 g/mol. The average Bonchev–Trinajstić information content (AvgIpc) is 2.87. The first-order valence-corrected chi connectivity index (χ1v) is 9.79. The molecule has 1 aromatic heterocycles. The van der Waals surface area contributed by atoms with Gasteiger partial charge >= 0.3 is 0 Å². The Balaban J connectivity index is 1.38. The van der Waals surface area contributed by atoms with Gasteiger partial charge in [0.1, 0.15) is 11.4 Å². The molecule has 1 atom stereocenters. The number of para-hydroxylation sites is 1. The van der Waals surface area contributed by atoms with Crippen molar-refractivity contribution in [3.8, 4) is 5.75 Å². The van der Waals surface area contributed by atoms with Gasteiger partial charge in [-0.05, 0) is 30.2 Å². The van der Waals surface area contributed by atoms with Gasteiger partial charge in [-0.2, -0.15) is 0 Å². The number of pyridine rings is 1. The van der Waals surface area contributed by atoms with Crippen molar-refractivity contribution in [2.45, 2.75) is 37.8 Å². The van der Waals surface area contributed by atoms with Crippen LogP contribution in [0.15, 0.2) is 48.8 Å². The third-order valence-corrected chi connectivity index (χ3v) is 5.53. The molecule has 0 aliphatic carbocycles. The molecule has 0 radical (unpaired) electrons. The number of carbonyl (C=O) groups is 3. The van der Waals surface area contributed by atoms with Gasteiger partial charge in [-0.1, -0.05) is 18.2 Å². The molecule has 0 bridgehead atoms. The van der Waals surface area contributed by atoms with E-state index in [9.17, 15) is 14.4 Å². The van der Waals surface area contributed by atoms with E-state index in [-0.39, 0.29) is 37.0 Å². The molecule has 2 aromatic rings. The highest BCUT2D eigenvalue weighted by Gasteiger charge is 2.43. The number of hydrogen-bond donors (Lipinski definition) is 1. The summed E-state index contributed by atoms with van der Waals surface area (Å²) in [6, 6.07) is 10.9. The van der Waals surface area contributed by atoms with Crippen LogP contribution in [0, 0.1) is 0 Å². The maximum atomic E-state index is 12.6. The van der Waals surface area contributed by atoms with Gasteiger partial charge in [0.15, 0.2) is 5.78 Å². The first-order valence-electron chi connectivity index (χ1n) is 9.79. The molecule has 29 heavy (non-hydrogen) atoms. The van der Waals surface area contributed by atoms with Gasteiger partial charge in [-0.3, -0.25) is 19.4 Å². The van der Waals surface area contributed by atoms with E-state index in [4.69, 9.17) is 4.74 Å². The standard InChI is InChI=1S/C22H23N3O4/c26-18-12-22(29-19-6-2-1-5-17(18)19)8-7-21(28)25(11-9-22)15-20(27)24-14-16-4-3-10-23-13-16/h1-6,10,13H,7-9,11-12,14-15H2,(H,24,27). The van der Waals surface area contributed by atoms with E-state index in [1.807, 2.05) is 24.3 Å². The highest BCUT2D eigenvalue weighted by molar-refractivity contribution is 6.00. The minimum atomic E-state index is -0.679. The number of aromatic nitrogens is 1. The number of ether oxygens (including phenoxy) is 1. The molecule has 2 aliphatic rings. The predicted molar refractivity (Wildman–Crippen MR) is 105 cm³/mol. The van der Waals surface area contributed by atoms with Gasteiger partial charge in [0.05, 0.1) is 18.5 Å². The third-order valence-electron chi connectivity index (χ3n) is 5.53. The zero-order valence-corrected chi connectivity index (χ0v) is 16.1. The zero-order valence-electron chi connectivity index (χ0n) is 16.1. The molecule has 1 spiro atoms. The van der Waals surface area contributed by atoms with Crippen molar-refractivity contribution in [1.82, 2.24) is 15.2 Å². The fourth-order valence-electron chi connectivity index (χ4n) is 3.90. The van der Waals surface area contributed by atoms with Crippen LogP contribution in [0.25, 0.3) is 0 Å². The van der Waals surface area contributed by atoms with Crippen molar-refractivity contribution in [3.05, 3.63) is 59.9 Å². The second kappa shape index (κ2) is 8.03. The van der Waals surface area contributed by atoms with Crippen LogP contribution in [-0.2, 0) is 16.1 Å². The van der Waals surface area contributed by atoms with Crippen LogP contribution in [0.3, 0.4) is 0 Å². The lowest BCUT2D eigenvalue weighted by atomic mass is 9.84. The van der Waals surface area contributed by atoms with E-state index in [1.165, 1.54) is 0 Å². The highest BCUT2D eigenvalue weighted by atomic mass is 16.5. The Kier molecular flexibility index (Phi) is 5.29. The fraction of sp³-hybridized carbons (Fsp3) is 0.364. The summed E-state index contributed by atoms with van der Waals surface area (Å²) in [4.78, 5) is 43.0. The van der Waals surface area contributed by atoms with Gasteiger partial charge in [-0.15, -0.1) is 0 Å². The molecule has 0 saturated carbocycles. The molecule has 7 nitrogen and oxygen atoms in total. The highest BCUT2D eigenvalue weighted by Crippen LogP contribution is 2.39. The summed E-state index contributed by atoms with van der Waals surface area (Å²) in [6.45, 7) is 0.751. The summed E-state index contributed by atoms with van der Waals surface area (Å²) in [5.74, 6) is 0.318. The summed E-state index contributed by atoms with van der Waals surface area (Å²) in [5.41, 5.74) is 0.817. The Morgan fingerprint density at radius 1 is 1.17 bits per heavy atom. The lowest BCUT2D eigenvalue weighted by Gasteiger charge is -2.37. The Morgan fingerprint density at radius 2 is 2.03 bits per heavy atom. The summed E-state index contributed by atoms with van der Waals surface area (Å²) in [7, 11) is 0. The largest absolute Gasteiger partial charge is 0.486 e. The van der Waals surface area contributed by atoms with Gasteiger partial charge in [0.25, 0.3) is 0 Å². The maximum Gasteiger partial charge on any atom is 0.239 e. The Labute approximate surface area is 169 Å². The summed E-state index contributed by atoms with van der Waals surface area (Å²) in [5, 5.41) is 2.82. The van der Waals surface area contributed by atoms with Gasteiger partial charge in [-0.25, -0.2) is 0 Å². The van der Waals surface area contributed by atoms with E-state index >= 15 is 0 Å². The summed E-state index contributed by atoms with van der Waals surface area (Å²) < 4.78 is 6.21. The van der Waals surface area contributed by atoms with Crippen LogP contribution in [-0.4, -0.2) is 46.2 Å². The number of nitrogens with one attached hydrogen (secondary N) is 1. The summed E-state index contributed by atoms with van der Waals surface area (Å²) in [6.07, 6.45) is 4.88. The van der Waals surface area contributed by atoms with Crippen molar-refractivity contribution >= 4 is 17.6 Å². The number of Topliss-reactive ketones (excluding diaryl/α,β-unsaturated/α-hetero) is 1. The van der Waals surface area contributed by atoms with Gasteiger partial charge in [0, 0.05) is 38.3 Å². The van der Waals surface area contributed by atoms with Crippen molar-refractivity contribution in [2.24, 2.45) is 0 Å². The fourth-order valence-corrected chi connectivity index (χ4v) is 3.90. The van der Waals surface area contributed by atoms with Crippen LogP contribution in [0.2, 0.25) is 0 Å². The predicted octanol–water partition coefficient (Wildman–Crippen LogP) is 2.11. The second-order valence-electron chi connectivity index (χ2n) is 7.58. The van der Waals surface area contributed by atoms with Gasteiger partial charge in [0.2, 0.25) is 11.8 Å². The second-order valence-corrected chi connectivity index (χ2v) is 7.58. The molecule has 1 aromatic carbocycles. The van der Waals surface area contributed by atoms with Crippen molar-refractivity contribution in [3.63, 3.8) is 0 Å². The Morgan fingerprint density at radius 3 is 2.86 bits per heavy atom. The lowest BCUT2D eigenvalue weighted by molar-refractivity contribution is -0.135. The molecule has 1 N–H and O–H groups in total. The van der Waals surface area contributed by atoms with E-state index < -0.39 is 5.60 Å². The molecule has 2 aliphatic heterocycles. The molecule has 1 unspecified atom stereocenters. The average molecular weight is 393 g/mol. The molecule has 2 amide bonds. The van der Waals surface area contributed by atoms with E-state index in [1.54, 1.807) is 29.4 Å². The number of fused-ring (bicyclic) bond motifs is 1. The molecule has 150 valence electrons. The minimum Gasteiger partial charge on any atom is -0.486 e. The number of benzene rings is 1. The first-order chi connectivity index (χ1) is 14.0. The molecule has 4 rings (SSSR count). The van der Waals surface area contributed by atoms with Crippen LogP contribution in [0.4, 0.5) is 0 Å². The van der Waals surface area contributed by atoms with Crippen molar-refractivity contribution < 1.29 is 19.1 Å². The van der Waals surface area contributed by atoms with Crippen LogP contribution in [0.1, 0.15) is 41.6 Å². The SMILES string of the molecule is O=C(CN1CCC2(CCC1=O)CC(=O)c1ccccc1O2)NCc1cccnc1. The first kappa shape index (κ1) is 19.1. The van der Waals surface area contributed by atoms with Crippen molar-refractivity contribution in [2.75, 3.05) is 13.1 Å². The number of ketones is 1. The lowest BCUT2D eigenvalue weighted by Crippen LogP contribution is -2.44. The number of rotatable bonds is 4. The monoisotopic (exact) mass is 393 g/mol. The smallest absolute Gasteiger partial charge is 0.239 e. The van der Waals surface area contributed by atoms with Crippen LogP contribution < -0.4 is 10.1 Å². The number of likely N-dealkylation sites (tertiary alicyclic amines) is 1. The van der Waals surface area contributed by atoms with E-state index in [2.05, 4.69) is 10.3 Å². The topological polar surface area (TPSA) is 88.6 Å². The molecule has 3 heterocycles. The molecule has 7 heteroatoms. The van der Waals surface area contributed by atoms with E-state index in [0.29, 0.717) is 37.2 Å².